The Morgan fingerprint density at radius 3 is 2.79 bits per heavy atom. The maximum Gasteiger partial charge on any atom is 0.0453 e. The van der Waals surface area contributed by atoms with Gasteiger partial charge in [0.05, 0.1) is 0 Å². The number of rotatable bonds is 5. The van der Waals surface area contributed by atoms with Gasteiger partial charge in [-0.3, -0.25) is 0 Å². The summed E-state index contributed by atoms with van der Waals surface area (Å²) in [5.74, 6) is 0. The van der Waals surface area contributed by atoms with E-state index in [4.69, 9.17) is 16.7 Å². The first-order chi connectivity index (χ1) is 6.75. The van der Waals surface area contributed by atoms with Crippen LogP contribution in [0.25, 0.3) is 0 Å². The van der Waals surface area contributed by atoms with Crippen molar-refractivity contribution in [3.8, 4) is 0 Å². The molecule has 0 amide bonds. The quantitative estimate of drug-likeness (QED) is 0.737. The van der Waals surface area contributed by atoms with Crippen LogP contribution in [0.5, 0.6) is 0 Å². The number of hydrogen-bond donors (Lipinski definition) is 2. The van der Waals surface area contributed by atoms with E-state index < -0.39 is 0 Å². The average molecular weight is 214 g/mol. The van der Waals surface area contributed by atoms with Crippen molar-refractivity contribution in [1.82, 2.24) is 5.32 Å². The number of hydrogen-bond acceptors (Lipinski definition) is 2. The predicted molar refractivity (Wildman–Crippen MR) is 59.6 cm³/mol. The van der Waals surface area contributed by atoms with Crippen molar-refractivity contribution < 1.29 is 5.11 Å². The van der Waals surface area contributed by atoms with E-state index in [1.807, 2.05) is 24.3 Å². The predicted octanol–water partition coefficient (Wildman–Crippen LogP) is 2.37. The molecule has 0 saturated carbocycles. The van der Waals surface area contributed by atoms with E-state index in [0.717, 1.165) is 23.6 Å². The zero-order chi connectivity index (χ0) is 10.4. The van der Waals surface area contributed by atoms with Crippen LogP contribution in [-0.2, 0) is 0 Å². The monoisotopic (exact) mass is 213 g/mol. The van der Waals surface area contributed by atoms with Gasteiger partial charge in [-0.2, -0.15) is 0 Å². The molecule has 78 valence electrons. The molecule has 1 rings (SSSR count). The minimum Gasteiger partial charge on any atom is -0.396 e. The molecule has 0 bridgehead atoms. The molecule has 2 N–H and O–H groups in total. The lowest BCUT2D eigenvalue weighted by Crippen LogP contribution is -2.20. The zero-order valence-corrected chi connectivity index (χ0v) is 9.09. The van der Waals surface area contributed by atoms with Crippen molar-refractivity contribution in [2.24, 2.45) is 0 Å². The molecule has 0 aromatic heterocycles. The summed E-state index contributed by atoms with van der Waals surface area (Å²) in [6, 6.07) is 8.04. The Morgan fingerprint density at radius 2 is 2.14 bits per heavy atom. The first-order valence-electron chi connectivity index (χ1n) is 4.84. The van der Waals surface area contributed by atoms with Gasteiger partial charge in [-0.25, -0.2) is 0 Å². The molecule has 0 saturated heterocycles. The van der Waals surface area contributed by atoms with Gasteiger partial charge in [-0.1, -0.05) is 29.8 Å². The normalized spacial score (nSPS) is 12.8. The molecule has 3 heteroatoms. The van der Waals surface area contributed by atoms with Crippen molar-refractivity contribution in [1.29, 1.82) is 0 Å². The molecule has 0 aliphatic heterocycles. The average Bonchev–Trinajstić information content (AvgIpc) is 2.18. The zero-order valence-electron chi connectivity index (χ0n) is 8.33. The SMILES string of the molecule is C[C@H](NCCCO)c1ccccc1Cl. The maximum atomic E-state index is 8.64. The van der Waals surface area contributed by atoms with Crippen LogP contribution in [0, 0.1) is 0 Å². The Balaban J connectivity index is 2.51. The highest BCUT2D eigenvalue weighted by Crippen LogP contribution is 2.21. The van der Waals surface area contributed by atoms with E-state index in [2.05, 4.69) is 12.2 Å². The van der Waals surface area contributed by atoms with E-state index in [9.17, 15) is 0 Å². The van der Waals surface area contributed by atoms with Crippen LogP contribution >= 0.6 is 11.6 Å². The van der Waals surface area contributed by atoms with E-state index >= 15 is 0 Å². The van der Waals surface area contributed by atoms with E-state index in [0.29, 0.717) is 0 Å². The second-order valence-corrected chi connectivity index (χ2v) is 3.68. The molecule has 0 aliphatic carbocycles. The fourth-order valence-electron chi connectivity index (χ4n) is 1.33. The molecule has 0 radical (unpaired) electrons. The standard InChI is InChI=1S/C11H16ClNO/c1-9(13-7-4-8-14)10-5-2-3-6-11(10)12/h2-3,5-6,9,13-14H,4,7-8H2,1H3/t9-/m0/s1. The summed E-state index contributed by atoms with van der Waals surface area (Å²) < 4.78 is 0. The number of halogens is 1. The lowest BCUT2D eigenvalue weighted by Gasteiger charge is -2.14. The summed E-state index contributed by atoms with van der Waals surface area (Å²) in [5.41, 5.74) is 1.10. The third-order valence-electron chi connectivity index (χ3n) is 2.16. The number of nitrogens with one attached hydrogen (secondary N) is 1. The highest BCUT2D eigenvalue weighted by atomic mass is 35.5. The number of benzene rings is 1. The Kier molecular flexibility index (Phi) is 4.94. The van der Waals surface area contributed by atoms with Crippen molar-refractivity contribution >= 4 is 11.6 Å². The van der Waals surface area contributed by atoms with E-state index in [1.54, 1.807) is 0 Å². The fraction of sp³-hybridized carbons (Fsp3) is 0.455. The van der Waals surface area contributed by atoms with Crippen molar-refractivity contribution in [3.05, 3.63) is 34.9 Å². The van der Waals surface area contributed by atoms with Crippen LogP contribution < -0.4 is 5.32 Å². The largest absolute Gasteiger partial charge is 0.396 e. The van der Waals surface area contributed by atoms with Gasteiger partial charge >= 0.3 is 0 Å². The van der Waals surface area contributed by atoms with Crippen molar-refractivity contribution in [2.75, 3.05) is 13.2 Å². The molecular formula is C11H16ClNO. The molecule has 1 atom stereocenters. The van der Waals surface area contributed by atoms with Gasteiger partial charge in [0, 0.05) is 17.7 Å². The Labute approximate surface area is 89.9 Å². The van der Waals surface area contributed by atoms with Crippen LogP contribution in [-0.4, -0.2) is 18.3 Å². The summed E-state index contributed by atoms with van der Waals surface area (Å²) >= 11 is 6.04. The van der Waals surface area contributed by atoms with E-state index in [1.165, 1.54) is 0 Å². The molecule has 14 heavy (non-hydrogen) atoms. The minimum absolute atomic E-state index is 0.224. The fourth-order valence-corrected chi connectivity index (χ4v) is 1.63. The summed E-state index contributed by atoms with van der Waals surface area (Å²) in [5, 5.41) is 12.7. The van der Waals surface area contributed by atoms with Gasteiger partial charge in [0.25, 0.3) is 0 Å². The van der Waals surface area contributed by atoms with Crippen LogP contribution in [0.15, 0.2) is 24.3 Å². The maximum absolute atomic E-state index is 8.64. The van der Waals surface area contributed by atoms with Gasteiger partial charge in [0.15, 0.2) is 0 Å². The summed E-state index contributed by atoms with van der Waals surface area (Å²) in [6.45, 7) is 3.10. The van der Waals surface area contributed by atoms with Crippen LogP contribution in [0.4, 0.5) is 0 Å². The lowest BCUT2D eigenvalue weighted by molar-refractivity contribution is 0.284. The lowest BCUT2D eigenvalue weighted by atomic mass is 10.1. The second kappa shape index (κ2) is 6.02. The number of aliphatic hydroxyl groups is 1. The molecule has 0 heterocycles. The summed E-state index contributed by atoms with van der Waals surface area (Å²) in [6.07, 6.45) is 0.773. The van der Waals surface area contributed by atoms with Gasteiger partial charge in [-0.15, -0.1) is 0 Å². The third kappa shape index (κ3) is 3.29. The molecule has 0 spiro atoms. The smallest absolute Gasteiger partial charge is 0.0453 e. The van der Waals surface area contributed by atoms with Gasteiger partial charge in [0.2, 0.25) is 0 Å². The third-order valence-corrected chi connectivity index (χ3v) is 2.50. The van der Waals surface area contributed by atoms with Crippen LogP contribution in [0.1, 0.15) is 24.9 Å². The molecular weight excluding hydrogens is 198 g/mol. The van der Waals surface area contributed by atoms with Crippen LogP contribution in [0.2, 0.25) is 5.02 Å². The van der Waals surface area contributed by atoms with Crippen LogP contribution in [0.3, 0.4) is 0 Å². The van der Waals surface area contributed by atoms with Gasteiger partial charge in [-0.05, 0) is 31.5 Å². The molecule has 1 aromatic carbocycles. The highest BCUT2D eigenvalue weighted by Gasteiger charge is 2.06. The second-order valence-electron chi connectivity index (χ2n) is 3.27. The minimum atomic E-state index is 0.224. The first-order valence-corrected chi connectivity index (χ1v) is 5.22. The summed E-state index contributed by atoms with van der Waals surface area (Å²) in [7, 11) is 0. The van der Waals surface area contributed by atoms with Gasteiger partial charge < -0.3 is 10.4 Å². The molecule has 0 fully saturated rings. The Morgan fingerprint density at radius 1 is 1.43 bits per heavy atom. The Bertz CT molecular complexity index is 278. The van der Waals surface area contributed by atoms with Crippen molar-refractivity contribution in [3.63, 3.8) is 0 Å². The first kappa shape index (κ1) is 11.5. The van der Waals surface area contributed by atoms with Gasteiger partial charge in [0.1, 0.15) is 0 Å². The molecule has 0 unspecified atom stereocenters. The summed E-state index contributed by atoms with van der Waals surface area (Å²) in [4.78, 5) is 0. The molecule has 0 aliphatic rings. The Hall–Kier alpha value is -0.570. The van der Waals surface area contributed by atoms with E-state index in [-0.39, 0.29) is 12.6 Å². The molecule has 1 aromatic rings. The number of aliphatic hydroxyl groups excluding tert-OH is 1. The highest BCUT2D eigenvalue weighted by molar-refractivity contribution is 6.31. The van der Waals surface area contributed by atoms with Crippen molar-refractivity contribution in [2.45, 2.75) is 19.4 Å². The molecule has 2 nitrogen and oxygen atoms in total. The topological polar surface area (TPSA) is 32.3 Å².